The van der Waals surface area contributed by atoms with Crippen molar-refractivity contribution in [1.82, 2.24) is 4.31 Å². The van der Waals surface area contributed by atoms with Crippen molar-refractivity contribution in [3.63, 3.8) is 0 Å². The molecule has 0 aliphatic carbocycles. The van der Waals surface area contributed by atoms with Crippen molar-refractivity contribution in [3.8, 4) is 11.5 Å². The van der Waals surface area contributed by atoms with Crippen LogP contribution < -0.4 is 9.46 Å². The molecule has 7 heteroatoms. The number of hydrogen-bond donors (Lipinski definition) is 2. The smallest absolute Gasteiger partial charge is 0.301 e. The lowest BCUT2D eigenvalue weighted by atomic mass is 10.3. The van der Waals surface area contributed by atoms with Gasteiger partial charge in [-0.15, -0.1) is 0 Å². The van der Waals surface area contributed by atoms with Crippen molar-refractivity contribution in [2.24, 2.45) is 0 Å². The van der Waals surface area contributed by atoms with Gasteiger partial charge >= 0.3 is 10.2 Å². The lowest BCUT2D eigenvalue weighted by Crippen LogP contribution is -2.28. The summed E-state index contributed by atoms with van der Waals surface area (Å²) in [7, 11) is 0.630. The Morgan fingerprint density at radius 3 is 2.44 bits per heavy atom. The van der Waals surface area contributed by atoms with Crippen molar-refractivity contribution in [3.05, 3.63) is 18.2 Å². The molecule has 16 heavy (non-hydrogen) atoms. The fraction of sp³-hybridized carbons (Fsp3) is 0.333. The summed E-state index contributed by atoms with van der Waals surface area (Å²) in [5, 5.41) is 9.54. The Morgan fingerprint density at radius 2 is 2.00 bits per heavy atom. The molecule has 6 nitrogen and oxygen atoms in total. The summed E-state index contributed by atoms with van der Waals surface area (Å²) >= 11 is 0. The van der Waals surface area contributed by atoms with E-state index >= 15 is 0 Å². The number of ether oxygens (including phenoxy) is 1. The molecule has 1 aromatic carbocycles. The van der Waals surface area contributed by atoms with E-state index in [1.54, 1.807) is 6.07 Å². The maximum absolute atomic E-state index is 11.5. The second kappa shape index (κ2) is 4.58. The van der Waals surface area contributed by atoms with Crippen molar-refractivity contribution in [2.75, 3.05) is 25.9 Å². The maximum Gasteiger partial charge on any atom is 0.301 e. The molecule has 0 heterocycles. The highest BCUT2D eigenvalue weighted by atomic mass is 32.2. The number of nitrogens with zero attached hydrogens (tertiary/aromatic N) is 1. The third kappa shape index (κ3) is 2.77. The number of phenols is 1. The van der Waals surface area contributed by atoms with Gasteiger partial charge in [0, 0.05) is 20.2 Å². The molecule has 0 aliphatic heterocycles. The summed E-state index contributed by atoms with van der Waals surface area (Å²) in [6.07, 6.45) is 0. The first-order valence-corrected chi connectivity index (χ1v) is 5.88. The zero-order valence-electron chi connectivity index (χ0n) is 9.26. The zero-order chi connectivity index (χ0) is 12.3. The molecule has 0 saturated carbocycles. The number of nitrogens with one attached hydrogen (secondary N) is 1. The van der Waals surface area contributed by atoms with Gasteiger partial charge in [-0.25, -0.2) is 0 Å². The van der Waals surface area contributed by atoms with Gasteiger partial charge in [-0.1, -0.05) is 0 Å². The van der Waals surface area contributed by atoms with Gasteiger partial charge in [-0.05, 0) is 12.1 Å². The third-order valence-electron chi connectivity index (χ3n) is 1.92. The molecule has 0 saturated heterocycles. The predicted molar refractivity (Wildman–Crippen MR) is 60.9 cm³/mol. The average Bonchev–Trinajstić information content (AvgIpc) is 2.20. The van der Waals surface area contributed by atoms with Crippen molar-refractivity contribution in [1.29, 1.82) is 0 Å². The summed E-state index contributed by atoms with van der Waals surface area (Å²) < 4.78 is 31.1. The summed E-state index contributed by atoms with van der Waals surface area (Å²) in [4.78, 5) is 0. The van der Waals surface area contributed by atoms with Crippen LogP contribution in [0.25, 0.3) is 0 Å². The van der Waals surface area contributed by atoms with Crippen molar-refractivity contribution < 1.29 is 18.3 Å². The van der Waals surface area contributed by atoms with Crippen molar-refractivity contribution in [2.45, 2.75) is 0 Å². The first kappa shape index (κ1) is 12.6. The Labute approximate surface area is 94.6 Å². The van der Waals surface area contributed by atoms with Gasteiger partial charge in [0.1, 0.15) is 11.5 Å². The molecule has 90 valence electrons. The molecular weight excluding hydrogens is 232 g/mol. The Bertz CT molecular complexity index is 470. The number of benzene rings is 1. The Balaban J connectivity index is 2.99. The van der Waals surface area contributed by atoms with Gasteiger partial charge < -0.3 is 9.84 Å². The Hall–Kier alpha value is -1.47. The molecule has 0 bridgehead atoms. The molecule has 0 aromatic heterocycles. The minimum absolute atomic E-state index is 0.106. The molecule has 1 aromatic rings. The number of phenolic OH excluding ortho intramolecular Hbond substituents is 1. The molecule has 0 amide bonds. The highest BCUT2D eigenvalue weighted by Gasteiger charge is 2.15. The van der Waals surface area contributed by atoms with Gasteiger partial charge in [-0.2, -0.15) is 12.7 Å². The zero-order valence-corrected chi connectivity index (χ0v) is 10.1. The second-order valence-electron chi connectivity index (χ2n) is 3.27. The predicted octanol–water partition coefficient (Wildman–Crippen LogP) is 0.619. The first-order chi connectivity index (χ1) is 7.36. The number of rotatable bonds is 4. The van der Waals surface area contributed by atoms with Crippen LogP contribution in [0, 0.1) is 0 Å². The van der Waals surface area contributed by atoms with Crippen LogP contribution in [0.4, 0.5) is 5.69 Å². The average molecular weight is 246 g/mol. The molecule has 0 fully saturated rings. The molecule has 0 atom stereocenters. The van der Waals surface area contributed by atoms with Gasteiger partial charge in [0.15, 0.2) is 0 Å². The lowest BCUT2D eigenvalue weighted by molar-refractivity contribution is 0.408. The molecule has 2 N–H and O–H groups in total. The van der Waals surface area contributed by atoms with Crippen LogP contribution >= 0.6 is 0 Å². The standard InChI is InChI=1S/C9H14N2O4S/c1-11(2)16(13,14)10-8-5-4-7(15-3)6-9(8)12/h4-6,10,12H,1-3H3. The van der Waals surface area contributed by atoms with E-state index in [1.807, 2.05) is 0 Å². The highest BCUT2D eigenvalue weighted by Crippen LogP contribution is 2.28. The highest BCUT2D eigenvalue weighted by molar-refractivity contribution is 7.90. The van der Waals surface area contributed by atoms with E-state index in [0.717, 1.165) is 4.31 Å². The van der Waals surface area contributed by atoms with E-state index in [9.17, 15) is 13.5 Å². The fourth-order valence-corrected chi connectivity index (χ4v) is 1.59. The van der Waals surface area contributed by atoms with Crippen LogP contribution in [0.2, 0.25) is 0 Å². The molecule has 0 aliphatic rings. The summed E-state index contributed by atoms with van der Waals surface area (Å²) in [6, 6.07) is 4.30. The first-order valence-electron chi connectivity index (χ1n) is 4.44. The van der Waals surface area contributed by atoms with Gasteiger partial charge in [-0.3, -0.25) is 4.72 Å². The molecule has 0 spiro atoms. The van der Waals surface area contributed by atoms with Crippen molar-refractivity contribution >= 4 is 15.9 Å². The lowest BCUT2D eigenvalue weighted by Gasteiger charge is -2.14. The second-order valence-corrected chi connectivity index (χ2v) is 5.16. The van der Waals surface area contributed by atoms with Crippen LogP contribution in [0.1, 0.15) is 0 Å². The van der Waals surface area contributed by atoms with Crippen LogP contribution in [0.15, 0.2) is 18.2 Å². The summed E-state index contributed by atoms with van der Waals surface area (Å²) in [5.74, 6) is 0.259. The third-order valence-corrected chi connectivity index (χ3v) is 3.36. The Morgan fingerprint density at radius 1 is 1.38 bits per heavy atom. The monoisotopic (exact) mass is 246 g/mol. The van der Waals surface area contributed by atoms with Crippen LogP contribution in [0.3, 0.4) is 0 Å². The van der Waals surface area contributed by atoms with E-state index in [-0.39, 0.29) is 11.4 Å². The van der Waals surface area contributed by atoms with Crippen LogP contribution in [0.5, 0.6) is 11.5 Å². The quantitative estimate of drug-likeness (QED) is 0.763. The SMILES string of the molecule is COc1ccc(NS(=O)(=O)N(C)C)c(O)c1. The normalized spacial score (nSPS) is 11.5. The van der Waals surface area contributed by atoms with E-state index in [2.05, 4.69) is 4.72 Å². The van der Waals surface area contributed by atoms with Gasteiger partial charge in [0.25, 0.3) is 0 Å². The number of anilines is 1. The van der Waals surface area contributed by atoms with Crippen LogP contribution in [-0.2, 0) is 10.2 Å². The number of aromatic hydroxyl groups is 1. The summed E-state index contributed by atoms with van der Waals surface area (Å²) in [6.45, 7) is 0. The number of hydrogen-bond acceptors (Lipinski definition) is 4. The fourth-order valence-electron chi connectivity index (χ4n) is 0.955. The topological polar surface area (TPSA) is 78.9 Å². The molecular formula is C9H14N2O4S. The minimum atomic E-state index is -3.61. The largest absolute Gasteiger partial charge is 0.506 e. The van der Waals surface area contributed by atoms with E-state index in [1.165, 1.54) is 33.3 Å². The summed E-state index contributed by atoms with van der Waals surface area (Å²) in [5.41, 5.74) is 0.106. The molecule has 0 unspecified atom stereocenters. The van der Waals surface area contributed by atoms with E-state index in [4.69, 9.17) is 4.74 Å². The van der Waals surface area contributed by atoms with Crippen LogP contribution in [-0.4, -0.2) is 39.0 Å². The Kier molecular flexibility index (Phi) is 3.61. The number of methoxy groups -OCH3 is 1. The van der Waals surface area contributed by atoms with E-state index in [0.29, 0.717) is 5.75 Å². The maximum atomic E-state index is 11.5. The van der Waals surface area contributed by atoms with Gasteiger partial charge in [0.2, 0.25) is 0 Å². The molecule has 0 radical (unpaired) electrons. The van der Waals surface area contributed by atoms with E-state index < -0.39 is 10.2 Å². The minimum Gasteiger partial charge on any atom is -0.506 e. The van der Waals surface area contributed by atoms with Gasteiger partial charge in [0.05, 0.1) is 12.8 Å². The molecule has 1 rings (SSSR count).